The number of methoxy groups -OCH3 is 1. The number of fused-ring (bicyclic) bond motifs is 1. The van der Waals surface area contributed by atoms with Crippen molar-refractivity contribution in [1.82, 2.24) is 4.98 Å². The first-order chi connectivity index (χ1) is 7.70. The summed E-state index contributed by atoms with van der Waals surface area (Å²) >= 11 is 3.36. The van der Waals surface area contributed by atoms with E-state index in [1.807, 2.05) is 30.3 Å². The summed E-state index contributed by atoms with van der Waals surface area (Å²) in [7, 11) is 1.38. The zero-order valence-corrected chi connectivity index (χ0v) is 10.3. The van der Waals surface area contributed by atoms with Crippen LogP contribution < -0.4 is 0 Å². The molecule has 0 aliphatic rings. The van der Waals surface area contributed by atoms with Crippen molar-refractivity contribution in [2.45, 2.75) is 6.42 Å². The molecule has 0 bridgehead atoms. The van der Waals surface area contributed by atoms with E-state index >= 15 is 0 Å². The van der Waals surface area contributed by atoms with Gasteiger partial charge in [-0.15, -0.1) is 0 Å². The third-order valence-electron chi connectivity index (χ3n) is 2.31. The van der Waals surface area contributed by atoms with Crippen LogP contribution in [0.2, 0.25) is 0 Å². The third kappa shape index (κ3) is 2.22. The lowest BCUT2D eigenvalue weighted by molar-refractivity contribution is -0.139. The van der Waals surface area contributed by atoms with Crippen LogP contribution in [0, 0.1) is 0 Å². The number of carbonyl (C=O) groups excluding carboxylic acids is 1. The number of pyridine rings is 1. The molecule has 0 radical (unpaired) electrons. The lowest BCUT2D eigenvalue weighted by atomic mass is 10.1. The number of nitrogens with zero attached hydrogens (tertiary/aromatic N) is 1. The van der Waals surface area contributed by atoms with Crippen LogP contribution in [0.1, 0.15) is 5.56 Å². The highest BCUT2D eigenvalue weighted by Crippen LogP contribution is 2.21. The minimum Gasteiger partial charge on any atom is -0.469 e. The van der Waals surface area contributed by atoms with E-state index in [0.29, 0.717) is 4.60 Å². The Balaban J connectivity index is 2.46. The molecule has 0 spiro atoms. The van der Waals surface area contributed by atoms with E-state index < -0.39 is 0 Å². The predicted octanol–water partition coefficient (Wildman–Crippen LogP) is 2.71. The van der Waals surface area contributed by atoms with Crippen molar-refractivity contribution >= 4 is 32.8 Å². The van der Waals surface area contributed by atoms with E-state index in [4.69, 9.17) is 0 Å². The van der Waals surface area contributed by atoms with Gasteiger partial charge in [-0.2, -0.15) is 0 Å². The minimum absolute atomic E-state index is 0.231. The van der Waals surface area contributed by atoms with Crippen LogP contribution in [-0.2, 0) is 16.0 Å². The number of aromatic nitrogens is 1. The van der Waals surface area contributed by atoms with Gasteiger partial charge in [0.25, 0.3) is 0 Å². The van der Waals surface area contributed by atoms with Crippen LogP contribution in [0.4, 0.5) is 0 Å². The van der Waals surface area contributed by atoms with Crippen molar-refractivity contribution in [3.8, 4) is 0 Å². The van der Waals surface area contributed by atoms with Gasteiger partial charge in [0.15, 0.2) is 0 Å². The number of hydrogen-bond acceptors (Lipinski definition) is 3. The van der Waals surface area contributed by atoms with Crippen molar-refractivity contribution in [3.63, 3.8) is 0 Å². The Bertz CT molecular complexity index is 540. The molecule has 0 amide bonds. The van der Waals surface area contributed by atoms with E-state index in [-0.39, 0.29) is 12.4 Å². The summed E-state index contributed by atoms with van der Waals surface area (Å²) in [6.45, 7) is 0. The van der Waals surface area contributed by atoms with Gasteiger partial charge in [-0.1, -0.05) is 18.2 Å². The van der Waals surface area contributed by atoms with Gasteiger partial charge in [0.05, 0.1) is 19.0 Å². The topological polar surface area (TPSA) is 39.2 Å². The number of halogens is 1. The van der Waals surface area contributed by atoms with Crippen LogP contribution in [0.25, 0.3) is 10.9 Å². The Kier molecular flexibility index (Phi) is 3.19. The van der Waals surface area contributed by atoms with E-state index in [1.165, 1.54) is 7.11 Å². The number of benzene rings is 1. The monoisotopic (exact) mass is 279 g/mol. The van der Waals surface area contributed by atoms with Crippen molar-refractivity contribution in [3.05, 3.63) is 40.5 Å². The van der Waals surface area contributed by atoms with Crippen LogP contribution in [0.15, 0.2) is 34.9 Å². The highest BCUT2D eigenvalue weighted by molar-refractivity contribution is 9.10. The fraction of sp³-hybridized carbons (Fsp3) is 0.167. The molecular formula is C12H10BrNO2. The van der Waals surface area contributed by atoms with Crippen LogP contribution in [0.3, 0.4) is 0 Å². The average molecular weight is 280 g/mol. The highest BCUT2D eigenvalue weighted by atomic mass is 79.9. The summed E-state index contributed by atoms with van der Waals surface area (Å²) in [5.41, 5.74) is 1.74. The van der Waals surface area contributed by atoms with Crippen molar-refractivity contribution in [1.29, 1.82) is 0 Å². The van der Waals surface area contributed by atoms with E-state index in [9.17, 15) is 4.79 Å². The molecule has 0 saturated carbocycles. The van der Waals surface area contributed by atoms with Crippen LogP contribution in [0.5, 0.6) is 0 Å². The van der Waals surface area contributed by atoms with Gasteiger partial charge in [-0.3, -0.25) is 4.79 Å². The Hall–Kier alpha value is -1.42. The third-order valence-corrected chi connectivity index (χ3v) is 3.00. The Morgan fingerprint density at radius 2 is 2.19 bits per heavy atom. The average Bonchev–Trinajstić information content (AvgIpc) is 2.30. The van der Waals surface area contributed by atoms with Gasteiger partial charge in [0, 0.05) is 5.39 Å². The molecule has 1 aromatic heterocycles. The second-order valence-electron chi connectivity index (χ2n) is 3.38. The van der Waals surface area contributed by atoms with Gasteiger partial charge in [-0.05, 0) is 33.6 Å². The smallest absolute Gasteiger partial charge is 0.310 e. The highest BCUT2D eigenvalue weighted by Gasteiger charge is 2.09. The second-order valence-corrected chi connectivity index (χ2v) is 4.14. The fourth-order valence-electron chi connectivity index (χ4n) is 1.49. The first-order valence-corrected chi connectivity index (χ1v) is 5.61. The SMILES string of the molecule is COC(=O)Cc1cc2ccccc2nc1Br. The molecule has 4 heteroatoms. The zero-order chi connectivity index (χ0) is 11.5. The molecule has 82 valence electrons. The Morgan fingerprint density at radius 1 is 1.44 bits per heavy atom. The first kappa shape index (κ1) is 11.1. The molecule has 0 aliphatic carbocycles. The summed E-state index contributed by atoms with van der Waals surface area (Å²) in [5, 5.41) is 1.02. The molecule has 16 heavy (non-hydrogen) atoms. The number of rotatable bonds is 2. The molecule has 1 aromatic carbocycles. The summed E-state index contributed by atoms with van der Waals surface area (Å²) in [6, 6.07) is 9.72. The van der Waals surface area contributed by atoms with Gasteiger partial charge >= 0.3 is 5.97 Å². The van der Waals surface area contributed by atoms with Gasteiger partial charge in [0.1, 0.15) is 4.60 Å². The van der Waals surface area contributed by atoms with Gasteiger partial charge in [-0.25, -0.2) is 4.98 Å². The number of esters is 1. The molecule has 3 nitrogen and oxygen atoms in total. The molecular weight excluding hydrogens is 270 g/mol. The van der Waals surface area contributed by atoms with E-state index in [2.05, 4.69) is 25.7 Å². The van der Waals surface area contributed by atoms with Crippen molar-refractivity contribution in [2.75, 3.05) is 7.11 Å². The number of ether oxygens (including phenoxy) is 1. The van der Waals surface area contributed by atoms with Gasteiger partial charge < -0.3 is 4.74 Å². The number of carbonyl (C=O) groups is 1. The summed E-state index contributed by atoms with van der Waals surface area (Å²) in [6.07, 6.45) is 0.231. The Labute approximate surface area is 102 Å². The molecule has 0 aliphatic heterocycles. The van der Waals surface area contributed by atoms with Crippen LogP contribution in [-0.4, -0.2) is 18.1 Å². The van der Waals surface area contributed by atoms with Crippen molar-refractivity contribution in [2.24, 2.45) is 0 Å². The summed E-state index contributed by atoms with van der Waals surface area (Å²) in [5.74, 6) is -0.266. The molecule has 0 fully saturated rings. The molecule has 0 N–H and O–H groups in total. The van der Waals surface area contributed by atoms with Crippen LogP contribution >= 0.6 is 15.9 Å². The normalized spacial score (nSPS) is 10.4. The molecule has 2 aromatic rings. The summed E-state index contributed by atoms with van der Waals surface area (Å²) < 4.78 is 5.32. The van der Waals surface area contributed by atoms with Crippen molar-refractivity contribution < 1.29 is 9.53 Å². The standard InChI is InChI=1S/C12H10BrNO2/c1-16-11(15)7-9-6-8-4-2-3-5-10(8)14-12(9)13/h2-6H,7H2,1H3. The lowest BCUT2D eigenvalue weighted by Gasteiger charge is -2.05. The molecule has 1 heterocycles. The number of para-hydroxylation sites is 1. The van der Waals surface area contributed by atoms with E-state index in [0.717, 1.165) is 16.5 Å². The predicted molar refractivity (Wildman–Crippen MR) is 65.2 cm³/mol. The maximum atomic E-state index is 11.2. The molecule has 2 rings (SSSR count). The number of hydrogen-bond donors (Lipinski definition) is 0. The second kappa shape index (κ2) is 4.61. The summed E-state index contributed by atoms with van der Waals surface area (Å²) in [4.78, 5) is 15.6. The largest absolute Gasteiger partial charge is 0.469 e. The molecule has 0 saturated heterocycles. The lowest BCUT2D eigenvalue weighted by Crippen LogP contribution is -2.05. The molecule has 0 unspecified atom stereocenters. The maximum absolute atomic E-state index is 11.2. The van der Waals surface area contributed by atoms with E-state index in [1.54, 1.807) is 0 Å². The Morgan fingerprint density at radius 3 is 2.94 bits per heavy atom. The zero-order valence-electron chi connectivity index (χ0n) is 8.74. The maximum Gasteiger partial charge on any atom is 0.310 e. The quantitative estimate of drug-likeness (QED) is 0.627. The minimum atomic E-state index is -0.266. The first-order valence-electron chi connectivity index (χ1n) is 4.81. The molecule has 0 atom stereocenters. The fourth-order valence-corrected chi connectivity index (χ4v) is 1.93. The van der Waals surface area contributed by atoms with Gasteiger partial charge in [0.2, 0.25) is 0 Å².